The zero-order valence-corrected chi connectivity index (χ0v) is 16.1. The number of aryl methyl sites for hydroxylation is 1. The highest BCUT2D eigenvalue weighted by Crippen LogP contribution is 2.39. The molecule has 5 rings (SSSR count). The fourth-order valence-electron chi connectivity index (χ4n) is 5.38. The molecule has 2 heterocycles. The Kier molecular flexibility index (Phi) is 4.27. The molecule has 0 bridgehead atoms. The number of benzene rings is 1. The average Bonchev–Trinajstić information content (AvgIpc) is 2.86. The quantitative estimate of drug-likeness (QED) is 0.813. The van der Waals surface area contributed by atoms with Gasteiger partial charge in [0.1, 0.15) is 5.82 Å². The number of fused-ring (bicyclic) bond motifs is 4. The molecular formula is C22H29N5. The molecule has 0 spiro atoms. The maximum absolute atomic E-state index is 6.24. The highest BCUT2D eigenvalue weighted by molar-refractivity contribution is 5.74. The van der Waals surface area contributed by atoms with Crippen LogP contribution in [0.15, 0.2) is 24.3 Å². The van der Waals surface area contributed by atoms with Gasteiger partial charge in [0, 0.05) is 35.8 Å². The van der Waals surface area contributed by atoms with Crippen LogP contribution in [-0.2, 0) is 12.8 Å². The SMILES string of the molecule is CC1CN(c2nc(N)nc3c2CCCc2ccccc2-3)C2CCCCC2N1. The molecule has 2 fully saturated rings. The van der Waals surface area contributed by atoms with Crippen molar-refractivity contribution in [2.45, 2.75) is 70.0 Å². The van der Waals surface area contributed by atoms with Crippen molar-refractivity contribution in [2.75, 3.05) is 17.2 Å². The molecule has 5 nitrogen and oxygen atoms in total. The lowest BCUT2D eigenvalue weighted by molar-refractivity contribution is 0.250. The second-order valence-corrected chi connectivity index (χ2v) is 8.42. The lowest BCUT2D eigenvalue weighted by Crippen LogP contribution is -2.63. The minimum absolute atomic E-state index is 0.402. The van der Waals surface area contributed by atoms with Crippen molar-refractivity contribution in [3.05, 3.63) is 35.4 Å². The number of hydrogen-bond acceptors (Lipinski definition) is 5. The van der Waals surface area contributed by atoms with Gasteiger partial charge in [-0.2, -0.15) is 4.98 Å². The highest BCUT2D eigenvalue weighted by Gasteiger charge is 2.38. The Balaban J connectivity index is 1.64. The maximum atomic E-state index is 6.24. The van der Waals surface area contributed by atoms with Crippen LogP contribution >= 0.6 is 0 Å². The third kappa shape index (κ3) is 2.98. The summed E-state index contributed by atoms with van der Waals surface area (Å²) in [5.74, 6) is 1.50. The molecule has 0 amide bonds. The molecule has 142 valence electrons. The molecule has 27 heavy (non-hydrogen) atoms. The van der Waals surface area contributed by atoms with Crippen molar-refractivity contribution in [1.29, 1.82) is 0 Å². The van der Waals surface area contributed by atoms with Gasteiger partial charge in [0.2, 0.25) is 5.95 Å². The van der Waals surface area contributed by atoms with E-state index in [4.69, 9.17) is 15.7 Å². The van der Waals surface area contributed by atoms with E-state index in [-0.39, 0.29) is 0 Å². The monoisotopic (exact) mass is 363 g/mol. The van der Waals surface area contributed by atoms with E-state index < -0.39 is 0 Å². The van der Waals surface area contributed by atoms with Gasteiger partial charge in [-0.15, -0.1) is 0 Å². The number of piperazine rings is 1. The first kappa shape index (κ1) is 17.0. The lowest BCUT2D eigenvalue weighted by Gasteiger charge is -2.48. The average molecular weight is 364 g/mol. The molecular weight excluding hydrogens is 334 g/mol. The molecule has 1 aliphatic heterocycles. The van der Waals surface area contributed by atoms with Crippen molar-refractivity contribution >= 4 is 11.8 Å². The summed E-state index contributed by atoms with van der Waals surface area (Å²) in [7, 11) is 0. The number of rotatable bonds is 1. The van der Waals surface area contributed by atoms with Gasteiger partial charge in [-0.3, -0.25) is 0 Å². The van der Waals surface area contributed by atoms with Crippen molar-refractivity contribution in [3.8, 4) is 11.3 Å². The van der Waals surface area contributed by atoms with Crippen LogP contribution in [0.25, 0.3) is 11.3 Å². The van der Waals surface area contributed by atoms with Gasteiger partial charge in [0.05, 0.1) is 5.69 Å². The van der Waals surface area contributed by atoms with Crippen LogP contribution < -0.4 is 16.0 Å². The topological polar surface area (TPSA) is 67.1 Å². The Morgan fingerprint density at radius 3 is 2.85 bits per heavy atom. The number of nitrogen functional groups attached to an aromatic ring is 1. The van der Waals surface area contributed by atoms with Gasteiger partial charge in [-0.25, -0.2) is 4.98 Å². The fourth-order valence-corrected chi connectivity index (χ4v) is 5.38. The summed E-state index contributed by atoms with van der Waals surface area (Å²) in [6, 6.07) is 10.2. The van der Waals surface area contributed by atoms with Crippen molar-refractivity contribution in [3.63, 3.8) is 0 Å². The highest BCUT2D eigenvalue weighted by atomic mass is 15.3. The molecule has 3 aliphatic rings. The largest absolute Gasteiger partial charge is 0.368 e. The van der Waals surface area contributed by atoms with E-state index in [1.54, 1.807) is 0 Å². The second kappa shape index (κ2) is 6.79. The van der Waals surface area contributed by atoms with E-state index in [1.807, 2.05) is 0 Å². The summed E-state index contributed by atoms with van der Waals surface area (Å²) in [4.78, 5) is 12.1. The number of nitrogens with zero attached hydrogens (tertiary/aromatic N) is 3. The molecule has 5 heteroatoms. The van der Waals surface area contributed by atoms with Crippen LogP contribution in [0.5, 0.6) is 0 Å². The van der Waals surface area contributed by atoms with Crippen LogP contribution in [0, 0.1) is 0 Å². The second-order valence-electron chi connectivity index (χ2n) is 8.42. The van der Waals surface area contributed by atoms with Crippen molar-refractivity contribution in [2.24, 2.45) is 0 Å². The Bertz CT molecular complexity index is 849. The molecule has 1 saturated heterocycles. The minimum Gasteiger partial charge on any atom is -0.368 e. The fraction of sp³-hybridized carbons (Fsp3) is 0.545. The Morgan fingerprint density at radius 1 is 1.07 bits per heavy atom. The number of nitrogens with one attached hydrogen (secondary N) is 1. The van der Waals surface area contributed by atoms with Gasteiger partial charge >= 0.3 is 0 Å². The maximum Gasteiger partial charge on any atom is 0.222 e. The predicted octanol–water partition coefficient (Wildman–Crippen LogP) is 3.32. The summed E-state index contributed by atoms with van der Waals surface area (Å²) in [6.07, 6.45) is 8.38. The van der Waals surface area contributed by atoms with Crippen LogP contribution in [0.2, 0.25) is 0 Å². The number of anilines is 2. The van der Waals surface area contributed by atoms with Gasteiger partial charge in [-0.1, -0.05) is 37.1 Å². The first-order valence-corrected chi connectivity index (χ1v) is 10.5. The lowest BCUT2D eigenvalue weighted by atomic mass is 9.86. The van der Waals surface area contributed by atoms with Crippen molar-refractivity contribution < 1.29 is 0 Å². The zero-order valence-electron chi connectivity index (χ0n) is 16.1. The molecule has 3 atom stereocenters. The van der Waals surface area contributed by atoms with Crippen molar-refractivity contribution in [1.82, 2.24) is 15.3 Å². The van der Waals surface area contributed by atoms with E-state index in [1.165, 1.54) is 42.4 Å². The molecule has 0 radical (unpaired) electrons. The van der Waals surface area contributed by atoms with E-state index in [0.717, 1.165) is 37.3 Å². The summed E-state index contributed by atoms with van der Waals surface area (Å²) >= 11 is 0. The standard InChI is InChI=1S/C22H29N5/c1-14-13-27(19-12-5-4-11-18(19)24-14)21-17-10-6-8-15-7-2-3-9-16(15)20(17)25-22(23)26-21/h2-3,7,9,14,18-19,24H,4-6,8,10-13H2,1H3,(H2,23,25,26). The summed E-state index contributed by atoms with van der Waals surface area (Å²) < 4.78 is 0. The first-order valence-electron chi connectivity index (χ1n) is 10.5. The third-order valence-corrected chi connectivity index (χ3v) is 6.52. The van der Waals surface area contributed by atoms with Crippen LogP contribution in [0.4, 0.5) is 11.8 Å². The first-order chi connectivity index (χ1) is 13.2. The predicted molar refractivity (Wildman–Crippen MR) is 110 cm³/mol. The van der Waals surface area contributed by atoms with Gasteiger partial charge in [0.15, 0.2) is 0 Å². The smallest absolute Gasteiger partial charge is 0.222 e. The normalized spacial score (nSPS) is 27.3. The van der Waals surface area contributed by atoms with E-state index in [9.17, 15) is 0 Å². The molecule has 3 unspecified atom stereocenters. The van der Waals surface area contributed by atoms with Crippen LogP contribution in [0.3, 0.4) is 0 Å². The van der Waals surface area contributed by atoms with E-state index in [0.29, 0.717) is 24.1 Å². The third-order valence-electron chi connectivity index (χ3n) is 6.52. The van der Waals surface area contributed by atoms with Crippen LogP contribution in [-0.4, -0.2) is 34.6 Å². The van der Waals surface area contributed by atoms with E-state index >= 15 is 0 Å². The molecule has 3 N–H and O–H groups in total. The number of hydrogen-bond donors (Lipinski definition) is 2. The van der Waals surface area contributed by atoms with Gasteiger partial charge in [0.25, 0.3) is 0 Å². The molecule has 1 aromatic heterocycles. The zero-order chi connectivity index (χ0) is 18.4. The molecule has 1 saturated carbocycles. The Labute approximate surface area is 161 Å². The summed E-state index contributed by atoms with van der Waals surface area (Å²) in [5, 5.41) is 3.82. The number of nitrogens with two attached hydrogens (primary N) is 1. The van der Waals surface area contributed by atoms with Gasteiger partial charge in [-0.05, 0) is 44.6 Å². The Morgan fingerprint density at radius 2 is 1.93 bits per heavy atom. The van der Waals surface area contributed by atoms with Gasteiger partial charge < -0.3 is 16.0 Å². The number of aromatic nitrogens is 2. The summed E-state index contributed by atoms with van der Waals surface area (Å²) in [6.45, 7) is 3.28. The molecule has 2 aliphatic carbocycles. The molecule has 2 aromatic rings. The Hall–Kier alpha value is -2.14. The minimum atomic E-state index is 0.402. The van der Waals surface area contributed by atoms with E-state index in [2.05, 4.69) is 41.4 Å². The van der Waals surface area contributed by atoms with Crippen LogP contribution in [0.1, 0.15) is 50.2 Å². The summed E-state index contributed by atoms with van der Waals surface area (Å²) in [5.41, 5.74) is 11.2. The molecule has 1 aromatic carbocycles.